The van der Waals surface area contributed by atoms with Crippen LogP contribution in [0.3, 0.4) is 0 Å². The van der Waals surface area contributed by atoms with Gasteiger partial charge in [-0.3, -0.25) is 19.3 Å². The highest BCUT2D eigenvalue weighted by Crippen LogP contribution is 2.35. The van der Waals surface area contributed by atoms with Crippen LogP contribution >= 0.6 is 11.6 Å². The van der Waals surface area contributed by atoms with Gasteiger partial charge in [0.15, 0.2) is 17.3 Å². The molecule has 0 aliphatic carbocycles. The molecule has 6 heterocycles. The number of piperazine rings is 1. The molecule has 3 aromatic heterocycles. The largest absolute Gasteiger partial charge is 0.504 e. The second kappa shape index (κ2) is 15.5. The summed E-state index contributed by atoms with van der Waals surface area (Å²) in [4.78, 5) is 58.8. The Morgan fingerprint density at radius 1 is 1.07 bits per heavy atom. The van der Waals surface area contributed by atoms with Gasteiger partial charge in [0.2, 0.25) is 11.7 Å². The van der Waals surface area contributed by atoms with E-state index in [2.05, 4.69) is 25.4 Å². The van der Waals surface area contributed by atoms with Gasteiger partial charge in [0, 0.05) is 56.4 Å². The summed E-state index contributed by atoms with van der Waals surface area (Å²) < 4.78 is 79.1. The molecule has 0 saturated carbocycles. The maximum absolute atomic E-state index is 15.7. The Balaban J connectivity index is 1.15. The number of nitrogens with one attached hydrogen (secondary N) is 1. The van der Waals surface area contributed by atoms with Crippen molar-refractivity contribution in [3.05, 3.63) is 91.9 Å². The van der Waals surface area contributed by atoms with Gasteiger partial charge >= 0.3 is 6.18 Å². The number of fused-ring (bicyclic) bond motifs is 3. The Kier molecular flexibility index (Phi) is 10.5. The molecule has 3 aliphatic rings. The van der Waals surface area contributed by atoms with Gasteiger partial charge in [0.05, 0.1) is 40.4 Å². The SMILES string of the molecule is CCc1c(N2CCN(C(=O)c3ncnc(C)c3O)CC2)c(=O)n2nc(-c3cc(F)c(CN4C[C@H]5C[C@@H]4CO5)c(F)c3)nc2n1CC(=O)Nc1ccc(C(F)(F)F)cc1Cl. The van der Waals surface area contributed by atoms with Crippen molar-refractivity contribution in [2.24, 2.45) is 0 Å². The van der Waals surface area contributed by atoms with E-state index in [1.165, 1.54) is 22.7 Å². The number of ether oxygens (including phenoxy) is 1. The fourth-order valence-corrected chi connectivity index (χ4v) is 8.07. The van der Waals surface area contributed by atoms with E-state index in [0.717, 1.165) is 35.2 Å². The fraction of sp³-hybridized carbons (Fsp3) is 0.395. The number of hydrogen-bond donors (Lipinski definition) is 2. The zero-order chi connectivity index (χ0) is 41.9. The number of carbonyl (C=O) groups excluding carboxylic acids is 2. The molecular weight excluding hydrogens is 807 g/mol. The van der Waals surface area contributed by atoms with Gasteiger partial charge < -0.3 is 29.5 Å². The van der Waals surface area contributed by atoms with Crippen LogP contribution in [0.2, 0.25) is 5.02 Å². The fourth-order valence-electron chi connectivity index (χ4n) is 7.84. The standard InChI is InChI=1S/C38H36ClF5N10O5/c1-3-29-32(50-6-8-51(9-7-50)35(57)31-33(56)19(2)45-18-46-31)36(58)54-37(53(29)16-30(55)47-28-5-4-21(12-25(28)39)38(42,43)44)48-34(49-54)20-10-26(40)24(27(41)11-20)15-52-14-23-13-22(52)17-59-23/h4-5,10-12,18,22-23,56H,3,6-9,13-17H2,1-2H3,(H,47,55)/t22-,23-/m1/s1. The number of likely N-dealkylation sites (tertiary alicyclic amines) is 1. The van der Waals surface area contributed by atoms with E-state index in [1.807, 2.05) is 4.90 Å². The van der Waals surface area contributed by atoms with Crippen molar-refractivity contribution >= 4 is 40.6 Å². The minimum atomic E-state index is -4.67. The molecule has 5 aromatic rings. The number of halogens is 6. The van der Waals surface area contributed by atoms with E-state index in [4.69, 9.17) is 16.3 Å². The molecule has 3 saturated heterocycles. The Hall–Kier alpha value is -5.73. The van der Waals surface area contributed by atoms with E-state index in [0.29, 0.717) is 24.9 Å². The number of nitrogens with zero attached hydrogens (tertiary/aromatic N) is 9. The normalized spacial score (nSPS) is 18.3. The highest BCUT2D eigenvalue weighted by atomic mass is 35.5. The van der Waals surface area contributed by atoms with Crippen LogP contribution in [0.25, 0.3) is 17.2 Å². The van der Waals surface area contributed by atoms with Crippen LogP contribution in [0.1, 0.15) is 46.3 Å². The second-order valence-corrected chi connectivity index (χ2v) is 15.0. The number of hydrogen-bond acceptors (Lipinski definition) is 11. The minimum absolute atomic E-state index is 0.0296. The lowest BCUT2D eigenvalue weighted by molar-refractivity contribution is -0.137. The molecular formula is C38H36ClF5N10O5. The van der Waals surface area contributed by atoms with Crippen molar-refractivity contribution in [3.8, 4) is 17.1 Å². The quantitative estimate of drug-likeness (QED) is 0.202. The summed E-state index contributed by atoms with van der Waals surface area (Å²) in [5.74, 6) is -3.67. The van der Waals surface area contributed by atoms with Crippen molar-refractivity contribution in [2.45, 2.75) is 58.1 Å². The number of aromatic nitrogens is 6. The van der Waals surface area contributed by atoms with Crippen LogP contribution in [0, 0.1) is 18.6 Å². The molecule has 15 nitrogen and oxygen atoms in total. The van der Waals surface area contributed by atoms with Crippen molar-refractivity contribution in [3.63, 3.8) is 0 Å². The average molecular weight is 843 g/mol. The highest BCUT2D eigenvalue weighted by molar-refractivity contribution is 6.33. The molecule has 21 heteroatoms. The molecule has 0 radical (unpaired) electrons. The van der Waals surface area contributed by atoms with Gasteiger partial charge in [0.25, 0.3) is 11.5 Å². The van der Waals surface area contributed by atoms with Crippen LogP contribution in [0.5, 0.6) is 5.75 Å². The van der Waals surface area contributed by atoms with Gasteiger partial charge in [-0.05, 0) is 50.1 Å². The third-order valence-electron chi connectivity index (χ3n) is 10.9. The number of aromatic hydroxyl groups is 1. The lowest BCUT2D eigenvalue weighted by Gasteiger charge is -2.36. The third-order valence-corrected chi connectivity index (χ3v) is 11.2. The maximum atomic E-state index is 15.7. The van der Waals surface area contributed by atoms with Crippen LogP contribution in [0.15, 0.2) is 41.5 Å². The molecule has 59 heavy (non-hydrogen) atoms. The minimum Gasteiger partial charge on any atom is -0.504 e. The van der Waals surface area contributed by atoms with Gasteiger partial charge in [0.1, 0.15) is 30.2 Å². The average Bonchev–Trinajstić information content (AvgIpc) is 3.96. The monoisotopic (exact) mass is 842 g/mol. The maximum Gasteiger partial charge on any atom is 0.416 e. The van der Waals surface area contributed by atoms with E-state index in [-0.39, 0.29) is 108 Å². The van der Waals surface area contributed by atoms with Crippen LogP contribution < -0.4 is 15.8 Å². The van der Waals surface area contributed by atoms with Crippen molar-refractivity contribution in [2.75, 3.05) is 49.5 Å². The molecule has 2 aromatic carbocycles. The topological polar surface area (TPSA) is 163 Å². The van der Waals surface area contributed by atoms with Crippen LogP contribution in [-0.4, -0.2) is 107 Å². The first-order chi connectivity index (χ1) is 28.1. The number of benzene rings is 2. The van der Waals surface area contributed by atoms with Gasteiger partial charge in [-0.1, -0.05) is 18.5 Å². The number of alkyl halides is 3. The predicted molar refractivity (Wildman–Crippen MR) is 202 cm³/mol. The zero-order valence-electron chi connectivity index (χ0n) is 31.6. The molecule has 3 aliphatic heterocycles. The smallest absolute Gasteiger partial charge is 0.416 e. The summed E-state index contributed by atoms with van der Waals surface area (Å²) in [6.07, 6.45) is -2.52. The van der Waals surface area contributed by atoms with E-state index in [1.54, 1.807) is 11.8 Å². The summed E-state index contributed by atoms with van der Waals surface area (Å²) in [6, 6.07) is 4.70. The Morgan fingerprint density at radius 3 is 2.42 bits per heavy atom. The summed E-state index contributed by atoms with van der Waals surface area (Å²) >= 11 is 6.13. The molecule has 2 atom stereocenters. The number of morpholine rings is 1. The van der Waals surface area contributed by atoms with E-state index < -0.39 is 47.3 Å². The Morgan fingerprint density at radius 2 is 1.80 bits per heavy atom. The van der Waals surface area contributed by atoms with Crippen molar-refractivity contribution in [1.29, 1.82) is 0 Å². The molecule has 3 fully saturated rings. The number of amides is 2. The molecule has 2 amide bonds. The van der Waals surface area contributed by atoms with E-state index >= 15 is 8.78 Å². The second-order valence-electron chi connectivity index (χ2n) is 14.6. The Bertz CT molecular complexity index is 2540. The number of aryl methyl sites for hydroxylation is 1. The molecule has 310 valence electrons. The molecule has 0 unspecified atom stereocenters. The summed E-state index contributed by atoms with van der Waals surface area (Å²) in [7, 11) is 0. The molecule has 2 bridgehead atoms. The summed E-state index contributed by atoms with van der Waals surface area (Å²) in [5.41, 5.74) is -1.50. The molecule has 2 N–H and O–H groups in total. The first-order valence-corrected chi connectivity index (χ1v) is 19.1. The lowest BCUT2D eigenvalue weighted by Crippen LogP contribution is -2.51. The van der Waals surface area contributed by atoms with Crippen molar-refractivity contribution < 1.29 is 41.4 Å². The first-order valence-electron chi connectivity index (χ1n) is 18.7. The van der Waals surface area contributed by atoms with Gasteiger partial charge in [-0.15, -0.1) is 5.10 Å². The van der Waals surface area contributed by atoms with Crippen LogP contribution in [-0.2, 0) is 35.2 Å². The number of anilines is 2. The van der Waals surface area contributed by atoms with Crippen LogP contribution in [0.4, 0.5) is 33.3 Å². The van der Waals surface area contributed by atoms with Gasteiger partial charge in [-0.2, -0.15) is 22.7 Å². The number of carbonyl (C=O) groups is 2. The number of rotatable bonds is 9. The lowest BCUT2D eigenvalue weighted by atomic mass is 10.1. The zero-order valence-corrected chi connectivity index (χ0v) is 32.3. The highest BCUT2D eigenvalue weighted by Gasteiger charge is 2.39. The van der Waals surface area contributed by atoms with Crippen molar-refractivity contribution in [1.82, 2.24) is 38.9 Å². The van der Waals surface area contributed by atoms with Gasteiger partial charge in [-0.25, -0.2) is 18.7 Å². The third kappa shape index (κ3) is 7.55. The first kappa shape index (κ1) is 40.1. The Labute approximate surface area is 337 Å². The summed E-state index contributed by atoms with van der Waals surface area (Å²) in [6.45, 7) is 4.27. The molecule has 0 spiro atoms. The summed E-state index contributed by atoms with van der Waals surface area (Å²) in [5, 5.41) is 16.9. The van der Waals surface area contributed by atoms with E-state index in [9.17, 15) is 32.7 Å². The molecule has 8 rings (SSSR count). The predicted octanol–water partition coefficient (Wildman–Crippen LogP) is 4.45.